The van der Waals surface area contributed by atoms with Crippen LogP contribution in [0.4, 0.5) is 5.13 Å². The molecule has 2 aromatic heterocycles. The molecule has 19 heavy (non-hydrogen) atoms. The third-order valence-corrected chi connectivity index (χ3v) is 4.65. The number of nitrogens with zero attached hydrogens (tertiary/aromatic N) is 3. The number of ether oxygens (including phenoxy) is 1. The van der Waals surface area contributed by atoms with Gasteiger partial charge < -0.3 is 10.5 Å². The molecule has 0 aliphatic rings. The van der Waals surface area contributed by atoms with Gasteiger partial charge >= 0.3 is 0 Å². The number of methoxy groups -OCH3 is 1. The predicted molar refractivity (Wildman–Crippen MR) is 69.1 cm³/mol. The summed E-state index contributed by atoms with van der Waals surface area (Å²) in [4.78, 5) is 3.93. The highest BCUT2D eigenvalue weighted by Crippen LogP contribution is 2.17. The molecular weight excluding hydrogens is 290 g/mol. The number of anilines is 1. The van der Waals surface area contributed by atoms with Crippen LogP contribution in [-0.4, -0.2) is 30.7 Å². The van der Waals surface area contributed by atoms with Gasteiger partial charge in [0.1, 0.15) is 0 Å². The Bertz CT molecular complexity index is 670. The first kappa shape index (κ1) is 13.6. The van der Waals surface area contributed by atoms with Crippen molar-refractivity contribution in [2.24, 2.45) is 0 Å². The summed E-state index contributed by atoms with van der Waals surface area (Å²) in [5.41, 5.74) is 6.06. The zero-order chi connectivity index (χ0) is 13.9. The van der Waals surface area contributed by atoms with Gasteiger partial charge in [0.15, 0.2) is 0 Å². The van der Waals surface area contributed by atoms with Crippen LogP contribution in [0.15, 0.2) is 22.7 Å². The number of nitrogens with one attached hydrogen (secondary N) is 1. The van der Waals surface area contributed by atoms with E-state index in [2.05, 4.69) is 19.9 Å². The van der Waals surface area contributed by atoms with Gasteiger partial charge in [-0.15, -0.1) is 10.2 Å². The van der Waals surface area contributed by atoms with Crippen molar-refractivity contribution in [1.82, 2.24) is 19.9 Å². The van der Waals surface area contributed by atoms with E-state index in [0.29, 0.717) is 11.4 Å². The molecule has 2 aromatic rings. The third-order valence-electron chi connectivity index (χ3n) is 2.13. The van der Waals surface area contributed by atoms with Gasteiger partial charge in [-0.05, 0) is 11.6 Å². The van der Waals surface area contributed by atoms with Gasteiger partial charge in [-0.3, -0.25) is 0 Å². The molecule has 3 N–H and O–H groups in total. The lowest BCUT2D eigenvalue weighted by molar-refractivity contribution is 0.397. The van der Waals surface area contributed by atoms with E-state index in [-0.39, 0.29) is 16.0 Å². The van der Waals surface area contributed by atoms with Crippen LogP contribution >= 0.6 is 11.3 Å². The van der Waals surface area contributed by atoms with Crippen molar-refractivity contribution < 1.29 is 13.2 Å². The Morgan fingerprint density at radius 2 is 2.26 bits per heavy atom. The van der Waals surface area contributed by atoms with Gasteiger partial charge in [0.25, 0.3) is 10.0 Å². The highest BCUT2D eigenvalue weighted by atomic mass is 32.2. The van der Waals surface area contributed by atoms with E-state index in [1.165, 1.54) is 13.3 Å². The highest BCUT2D eigenvalue weighted by molar-refractivity contribution is 7.91. The first-order chi connectivity index (χ1) is 9.01. The van der Waals surface area contributed by atoms with Crippen LogP contribution in [0.2, 0.25) is 0 Å². The maximum absolute atomic E-state index is 11.9. The van der Waals surface area contributed by atoms with Crippen LogP contribution in [0.25, 0.3) is 0 Å². The molecule has 0 aliphatic carbocycles. The fourth-order valence-corrected chi connectivity index (χ4v) is 3.08. The van der Waals surface area contributed by atoms with Crippen molar-refractivity contribution in [3.63, 3.8) is 0 Å². The summed E-state index contributed by atoms with van der Waals surface area (Å²) in [6, 6.07) is 3.32. The Hall–Kier alpha value is -1.78. The van der Waals surface area contributed by atoms with E-state index >= 15 is 0 Å². The SMILES string of the molecule is COc1cc(CNS(=O)(=O)c2nnc(N)s2)ccn1. The monoisotopic (exact) mass is 301 g/mol. The molecule has 0 saturated heterocycles. The van der Waals surface area contributed by atoms with Crippen molar-refractivity contribution in [2.45, 2.75) is 10.9 Å². The molecule has 0 amide bonds. The molecule has 0 bridgehead atoms. The molecule has 102 valence electrons. The molecule has 0 unspecified atom stereocenters. The van der Waals surface area contributed by atoms with Gasteiger partial charge in [-0.1, -0.05) is 11.3 Å². The molecule has 0 saturated carbocycles. The summed E-state index contributed by atoms with van der Waals surface area (Å²) in [6.45, 7) is 0.0979. The Kier molecular flexibility index (Phi) is 3.93. The average molecular weight is 301 g/mol. The van der Waals surface area contributed by atoms with Gasteiger partial charge in [-0.2, -0.15) is 0 Å². The zero-order valence-electron chi connectivity index (χ0n) is 9.90. The van der Waals surface area contributed by atoms with E-state index in [0.717, 1.165) is 11.3 Å². The van der Waals surface area contributed by atoms with E-state index in [1.807, 2.05) is 0 Å². The van der Waals surface area contributed by atoms with Crippen LogP contribution in [0, 0.1) is 0 Å². The van der Waals surface area contributed by atoms with Gasteiger partial charge in [0.05, 0.1) is 7.11 Å². The maximum Gasteiger partial charge on any atom is 0.270 e. The lowest BCUT2D eigenvalue weighted by Gasteiger charge is -2.05. The van der Waals surface area contributed by atoms with E-state index in [9.17, 15) is 8.42 Å². The number of sulfonamides is 1. The first-order valence-electron chi connectivity index (χ1n) is 5.09. The largest absolute Gasteiger partial charge is 0.481 e. The molecule has 0 aromatic carbocycles. The number of rotatable bonds is 5. The minimum Gasteiger partial charge on any atom is -0.481 e. The lowest BCUT2D eigenvalue weighted by Crippen LogP contribution is -2.23. The Labute approximate surface area is 113 Å². The molecule has 0 radical (unpaired) electrons. The second kappa shape index (κ2) is 5.47. The lowest BCUT2D eigenvalue weighted by atomic mass is 10.3. The van der Waals surface area contributed by atoms with Crippen molar-refractivity contribution in [3.05, 3.63) is 23.9 Å². The molecular formula is C9H11N5O3S2. The van der Waals surface area contributed by atoms with Crippen LogP contribution in [0.3, 0.4) is 0 Å². The first-order valence-corrected chi connectivity index (χ1v) is 7.39. The van der Waals surface area contributed by atoms with E-state index in [1.54, 1.807) is 12.1 Å². The van der Waals surface area contributed by atoms with Crippen molar-refractivity contribution >= 4 is 26.5 Å². The molecule has 0 spiro atoms. The van der Waals surface area contributed by atoms with Crippen molar-refractivity contribution in [3.8, 4) is 5.88 Å². The normalized spacial score (nSPS) is 11.4. The molecule has 0 fully saturated rings. The number of hydrogen-bond acceptors (Lipinski definition) is 8. The number of aromatic nitrogens is 3. The second-order valence-electron chi connectivity index (χ2n) is 3.44. The van der Waals surface area contributed by atoms with E-state index < -0.39 is 10.0 Å². The average Bonchev–Trinajstić information content (AvgIpc) is 2.84. The van der Waals surface area contributed by atoms with Crippen molar-refractivity contribution in [1.29, 1.82) is 0 Å². The van der Waals surface area contributed by atoms with Gasteiger partial charge in [-0.25, -0.2) is 18.1 Å². The molecule has 0 aliphatic heterocycles. The van der Waals surface area contributed by atoms with Gasteiger partial charge in [0, 0.05) is 18.8 Å². The fraction of sp³-hybridized carbons (Fsp3) is 0.222. The van der Waals surface area contributed by atoms with Crippen LogP contribution in [0.1, 0.15) is 5.56 Å². The highest BCUT2D eigenvalue weighted by Gasteiger charge is 2.19. The number of nitrogen functional groups attached to an aromatic ring is 1. The summed E-state index contributed by atoms with van der Waals surface area (Å²) in [5, 5.41) is 7.05. The molecule has 10 heteroatoms. The summed E-state index contributed by atoms with van der Waals surface area (Å²) in [5.74, 6) is 0.414. The number of pyridine rings is 1. The summed E-state index contributed by atoms with van der Waals surface area (Å²) in [6.07, 6.45) is 1.53. The van der Waals surface area contributed by atoms with Gasteiger partial charge in [0.2, 0.25) is 15.4 Å². The Balaban J connectivity index is 2.09. The standard InChI is InChI=1S/C9H11N5O3S2/c1-17-7-4-6(2-3-11-7)5-12-19(15,16)9-14-13-8(10)18-9/h2-4,12H,5H2,1H3,(H2,10,13). The van der Waals surface area contributed by atoms with Crippen molar-refractivity contribution in [2.75, 3.05) is 12.8 Å². The fourth-order valence-electron chi connectivity index (χ4n) is 1.24. The Morgan fingerprint density at radius 1 is 1.47 bits per heavy atom. The molecule has 2 heterocycles. The second-order valence-corrected chi connectivity index (χ2v) is 6.39. The van der Waals surface area contributed by atoms with E-state index in [4.69, 9.17) is 10.5 Å². The van der Waals surface area contributed by atoms with Crippen LogP contribution in [-0.2, 0) is 16.6 Å². The third kappa shape index (κ3) is 3.36. The smallest absolute Gasteiger partial charge is 0.270 e. The van der Waals surface area contributed by atoms with Crippen LogP contribution in [0.5, 0.6) is 5.88 Å². The minimum absolute atomic E-state index is 0.0979. The van der Waals surface area contributed by atoms with Crippen LogP contribution < -0.4 is 15.2 Å². The quantitative estimate of drug-likeness (QED) is 0.797. The topological polar surface area (TPSA) is 120 Å². The number of nitrogens with two attached hydrogens (primary N) is 1. The predicted octanol–water partition coefficient (Wildman–Crippen LogP) is 0.00240. The Morgan fingerprint density at radius 3 is 2.89 bits per heavy atom. The maximum atomic E-state index is 11.9. The number of hydrogen-bond donors (Lipinski definition) is 2. The zero-order valence-corrected chi connectivity index (χ0v) is 11.5. The summed E-state index contributed by atoms with van der Waals surface area (Å²) in [7, 11) is -2.22. The molecule has 2 rings (SSSR count). The molecule has 0 atom stereocenters. The molecule has 8 nitrogen and oxygen atoms in total. The summed E-state index contributed by atoms with van der Waals surface area (Å²) < 4.78 is 30.9. The minimum atomic E-state index is -3.70. The summed E-state index contributed by atoms with van der Waals surface area (Å²) >= 11 is 0.806.